The number of rotatable bonds is 8. The van der Waals surface area contributed by atoms with Gasteiger partial charge in [-0.15, -0.1) is 0 Å². The number of urea groups is 1. The predicted molar refractivity (Wildman–Crippen MR) is 137 cm³/mol. The number of imide groups is 1. The topological polar surface area (TPSA) is 185 Å². The summed E-state index contributed by atoms with van der Waals surface area (Å²) < 4.78 is 0. The van der Waals surface area contributed by atoms with Crippen LogP contribution in [0.4, 0.5) is 16.2 Å². The van der Waals surface area contributed by atoms with Crippen molar-refractivity contribution >= 4 is 70.0 Å². The summed E-state index contributed by atoms with van der Waals surface area (Å²) in [6.07, 6.45) is -0.103. The third kappa shape index (κ3) is 4.64. The monoisotopic (exact) mass is 583 g/mol. The molecule has 38 heavy (non-hydrogen) atoms. The van der Waals surface area contributed by atoms with Crippen molar-refractivity contribution < 1.29 is 29.2 Å². The summed E-state index contributed by atoms with van der Waals surface area (Å²) in [7, 11) is 0. The quantitative estimate of drug-likeness (QED) is 0.120. The molecule has 15 heteroatoms. The van der Waals surface area contributed by atoms with Gasteiger partial charge in [-0.1, -0.05) is 40.9 Å². The molecule has 200 valence electrons. The number of aliphatic carboxylic acids is 1. The van der Waals surface area contributed by atoms with Crippen LogP contribution in [-0.2, 0) is 14.4 Å². The van der Waals surface area contributed by atoms with Crippen LogP contribution < -0.4 is 21.3 Å². The minimum Gasteiger partial charge on any atom is -0.480 e. The van der Waals surface area contributed by atoms with Crippen molar-refractivity contribution in [3.63, 3.8) is 0 Å². The Morgan fingerprint density at radius 3 is 2.53 bits per heavy atom. The van der Waals surface area contributed by atoms with Gasteiger partial charge in [-0.25, -0.2) is 9.69 Å². The van der Waals surface area contributed by atoms with E-state index in [2.05, 4.69) is 10.6 Å². The maximum Gasteiger partial charge on any atom is 0.324 e. The zero-order valence-corrected chi connectivity index (χ0v) is 21.6. The number of nitro groups is 1. The van der Waals surface area contributed by atoms with Gasteiger partial charge in [0.05, 0.1) is 32.5 Å². The number of hydrogen-bond acceptors (Lipinski definition) is 7. The highest BCUT2D eigenvalue weighted by Gasteiger charge is 2.68. The number of primary amides is 1. The first-order chi connectivity index (χ1) is 17.9. The number of carboxylic acids is 1. The number of nitro benzene ring substituents is 1. The van der Waals surface area contributed by atoms with E-state index in [1.54, 1.807) is 0 Å². The van der Waals surface area contributed by atoms with E-state index in [9.17, 15) is 34.4 Å². The average molecular weight is 585 g/mol. The lowest BCUT2D eigenvalue weighted by molar-refractivity contribution is -0.384. The molecule has 2 aliphatic heterocycles. The number of nitrogens with two attached hydrogens (primary N) is 1. The van der Waals surface area contributed by atoms with Gasteiger partial charge in [0.2, 0.25) is 11.8 Å². The third-order valence-corrected chi connectivity index (χ3v) is 7.77. The SMILES string of the molecule is NC(=O)NCCCC1(C(=O)O)NC(c2cc(Cl)cc(Cl)c2Cl)C2C(=O)N(c3cccc([N+](=O)[O-])c3)C(=O)C21. The second-order valence-electron chi connectivity index (χ2n) is 8.88. The number of halogens is 3. The van der Waals surface area contributed by atoms with Gasteiger partial charge in [-0.3, -0.25) is 29.8 Å². The van der Waals surface area contributed by atoms with Crippen molar-refractivity contribution in [3.8, 4) is 0 Å². The van der Waals surface area contributed by atoms with Gasteiger partial charge in [-0.05, 0) is 36.6 Å². The smallest absolute Gasteiger partial charge is 0.324 e. The summed E-state index contributed by atoms with van der Waals surface area (Å²) in [4.78, 5) is 62.9. The van der Waals surface area contributed by atoms with Crippen molar-refractivity contribution in [2.45, 2.75) is 24.4 Å². The molecule has 0 radical (unpaired) electrons. The lowest BCUT2D eigenvalue weighted by Crippen LogP contribution is -2.56. The van der Waals surface area contributed by atoms with Crippen LogP contribution in [-0.4, -0.2) is 45.9 Å². The van der Waals surface area contributed by atoms with Crippen LogP contribution in [0.1, 0.15) is 24.4 Å². The molecule has 2 aliphatic rings. The molecule has 4 atom stereocenters. The Kier molecular flexibility index (Phi) is 7.53. The predicted octanol–water partition coefficient (Wildman–Crippen LogP) is 3.28. The lowest BCUT2D eigenvalue weighted by Gasteiger charge is -2.31. The second kappa shape index (κ2) is 10.4. The highest BCUT2D eigenvalue weighted by atomic mass is 35.5. The number of carbonyl (C=O) groups excluding carboxylic acids is 3. The Bertz CT molecular complexity index is 1370. The summed E-state index contributed by atoms with van der Waals surface area (Å²) in [6, 6.07) is 5.78. The standard InChI is InChI=1S/C23H20Cl3N5O7/c24-10-7-13(17(26)14(25)8-10)18-15-16(23(29-18,21(34)35)5-2-6-28-22(27)36)20(33)30(19(15)32)11-3-1-4-12(9-11)31(37)38/h1,3-4,7-9,15-16,18,29H,2,5-6H2,(H,34,35)(H3,27,28,36). The molecule has 4 amide bonds. The van der Waals surface area contributed by atoms with Crippen LogP contribution in [0.3, 0.4) is 0 Å². The van der Waals surface area contributed by atoms with Crippen LogP contribution in [0.15, 0.2) is 36.4 Å². The molecule has 4 unspecified atom stereocenters. The fourth-order valence-corrected chi connectivity index (χ4v) is 5.92. The van der Waals surface area contributed by atoms with Crippen LogP contribution in [0.5, 0.6) is 0 Å². The molecular formula is C23H20Cl3N5O7. The van der Waals surface area contributed by atoms with Crippen molar-refractivity contribution in [1.82, 2.24) is 10.6 Å². The maximum atomic E-state index is 13.8. The third-order valence-electron chi connectivity index (χ3n) is 6.74. The molecule has 12 nitrogen and oxygen atoms in total. The Morgan fingerprint density at radius 2 is 1.89 bits per heavy atom. The van der Waals surface area contributed by atoms with Gasteiger partial charge in [0.15, 0.2) is 0 Å². The Labute approximate surface area is 230 Å². The van der Waals surface area contributed by atoms with E-state index in [1.807, 2.05) is 0 Å². The van der Waals surface area contributed by atoms with Crippen LogP contribution in [0, 0.1) is 22.0 Å². The first-order valence-corrected chi connectivity index (χ1v) is 12.3. The molecule has 2 aromatic carbocycles. The molecule has 2 heterocycles. The van der Waals surface area contributed by atoms with E-state index in [4.69, 9.17) is 40.5 Å². The van der Waals surface area contributed by atoms with Gasteiger partial charge >= 0.3 is 12.0 Å². The summed E-state index contributed by atoms with van der Waals surface area (Å²) in [6.45, 7) is 0.00851. The van der Waals surface area contributed by atoms with Crippen LogP contribution >= 0.6 is 34.8 Å². The molecule has 2 saturated heterocycles. The number of benzene rings is 2. The molecule has 0 bridgehead atoms. The van der Waals surface area contributed by atoms with Crippen LogP contribution in [0.2, 0.25) is 15.1 Å². The van der Waals surface area contributed by atoms with Crippen molar-refractivity contribution in [2.75, 3.05) is 11.4 Å². The number of nitrogens with one attached hydrogen (secondary N) is 2. The summed E-state index contributed by atoms with van der Waals surface area (Å²) in [5, 5.41) is 27.3. The molecule has 0 saturated carbocycles. The number of amides is 4. The number of non-ortho nitro benzene ring substituents is 1. The lowest BCUT2D eigenvalue weighted by atomic mass is 9.77. The maximum absolute atomic E-state index is 13.8. The number of carboxylic acid groups (broad SMARTS) is 1. The van der Waals surface area contributed by atoms with Crippen molar-refractivity contribution in [1.29, 1.82) is 0 Å². The van der Waals surface area contributed by atoms with E-state index >= 15 is 0 Å². The Hall–Kier alpha value is -3.45. The van der Waals surface area contributed by atoms with Gasteiger partial charge in [0, 0.05) is 29.7 Å². The first kappa shape index (κ1) is 27.6. The average Bonchev–Trinajstić information content (AvgIpc) is 3.33. The van der Waals surface area contributed by atoms with E-state index in [-0.39, 0.29) is 51.4 Å². The fraction of sp³-hybridized carbons (Fsp3) is 0.304. The molecule has 2 fully saturated rings. The van der Waals surface area contributed by atoms with Crippen molar-refractivity contribution in [2.24, 2.45) is 17.6 Å². The van der Waals surface area contributed by atoms with E-state index < -0.39 is 52.2 Å². The van der Waals surface area contributed by atoms with E-state index in [0.717, 1.165) is 11.0 Å². The Morgan fingerprint density at radius 1 is 1.18 bits per heavy atom. The second-order valence-corrected chi connectivity index (χ2v) is 10.1. The largest absolute Gasteiger partial charge is 0.480 e. The van der Waals surface area contributed by atoms with Gasteiger partial charge in [0.1, 0.15) is 5.54 Å². The molecule has 2 aromatic rings. The molecule has 0 spiro atoms. The summed E-state index contributed by atoms with van der Waals surface area (Å²) in [5.74, 6) is -5.75. The normalized spacial score (nSPS) is 24.4. The minimum atomic E-state index is -1.98. The number of hydrogen-bond donors (Lipinski definition) is 4. The molecule has 4 rings (SSSR count). The zero-order chi connectivity index (χ0) is 27.9. The van der Waals surface area contributed by atoms with Crippen molar-refractivity contribution in [3.05, 3.63) is 67.1 Å². The Balaban J connectivity index is 1.85. The van der Waals surface area contributed by atoms with E-state index in [1.165, 1.54) is 30.3 Å². The first-order valence-electron chi connectivity index (χ1n) is 11.2. The summed E-state index contributed by atoms with van der Waals surface area (Å²) >= 11 is 18.8. The van der Waals surface area contributed by atoms with E-state index in [0.29, 0.717) is 0 Å². The number of fused-ring (bicyclic) bond motifs is 1. The molecule has 0 aromatic heterocycles. The highest BCUT2D eigenvalue weighted by molar-refractivity contribution is 6.43. The highest BCUT2D eigenvalue weighted by Crippen LogP contribution is 2.53. The zero-order valence-electron chi connectivity index (χ0n) is 19.3. The molecule has 0 aliphatic carbocycles. The van der Waals surface area contributed by atoms with Gasteiger partial charge in [-0.2, -0.15) is 0 Å². The number of carbonyl (C=O) groups is 4. The number of anilines is 1. The van der Waals surface area contributed by atoms with Gasteiger partial charge in [0.25, 0.3) is 5.69 Å². The summed E-state index contributed by atoms with van der Waals surface area (Å²) in [5.41, 5.74) is 2.88. The van der Waals surface area contributed by atoms with Gasteiger partial charge < -0.3 is 16.2 Å². The van der Waals surface area contributed by atoms with Crippen LogP contribution in [0.25, 0.3) is 0 Å². The number of nitrogens with zero attached hydrogens (tertiary/aromatic N) is 2. The molecule has 5 N–H and O–H groups in total. The molecular weight excluding hydrogens is 565 g/mol. The minimum absolute atomic E-state index is 0.00851. The fourth-order valence-electron chi connectivity index (χ4n) is 5.18.